The van der Waals surface area contributed by atoms with Gasteiger partial charge in [0.05, 0.1) is 0 Å². The van der Waals surface area contributed by atoms with E-state index >= 15 is 0 Å². The van der Waals surface area contributed by atoms with Crippen molar-refractivity contribution in [3.63, 3.8) is 0 Å². The molecule has 0 unspecified atom stereocenters. The molecule has 0 amide bonds. The van der Waals surface area contributed by atoms with Crippen molar-refractivity contribution in [3.8, 4) is 0 Å². The van der Waals surface area contributed by atoms with E-state index < -0.39 is 0 Å². The van der Waals surface area contributed by atoms with E-state index in [-0.39, 0.29) is 11.6 Å². The molecule has 0 atom stereocenters. The first kappa shape index (κ1) is 12.2. The van der Waals surface area contributed by atoms with Gasteiger partial charge < -0.3 is 9.80 Å². The zero-order valence-corrected chi connectivity index (χ0v) is 10.8. The van der Waals surface area contributed by atoms with Crippen LogP contribution in [-0.4, -0.2) is 36.9 Å². The predicted molar refractivity (Wildman–Crippen MR) is 72.5 cm³/mol. The highest BCUT2D eigenvalue weighted by Crippen LogP contribution is 2.23. The van der Waals surface area contributed by atoms with Gasteiger partial charge in [0.15, 0.2) is 5.78 Å². The van der Waals surface area contributed by atoms with Crippen LogP contribution in [0.5, 0.6) is 0 Å². The van der Waals surface area contributed by atoms with E-state index in [4.69, 9.17) is 0 Å². The normalized spacial score (nSPS) is 19.8. The highest BCUT2D eigenvalue weighted by Gasteiger charge is 2.22. The second-order valence-electron chi connectivity index (χ2n) is 5.05. The summed E-state index contributed by atoms with van der Waals surface area (Å²) in [5.41, 5.74) is 2.25. The van der Waals surface area contributed by atoms with Gasteiger partial charge in [-0.2, -0.15) is 0 Å². The van der Waals surface area contributed by atoms with Gasteiger partial charge in [-0.3, -0.25) is 4.79 Å². The first-order valence-corrected chi connectivity index (χ1v) is 6.71. The van der Waals surface area contributed by atoms with E-state index in [0.29, 0.717) is 6.42 Å². The molecule has 1 heterocycles. The van der Waals surface area contributed by atoms with Crippen molar-refractivity contribution in [1.29, 1.82) is 0 Å². The summed E-state index contributed by atoms with van der Waals surface area (Å²) in [5.74, 6) is 0.0490. The van der Waals surface area contributed by atoms with Crippen LogP contribution in [0.15, 0.2) is 36.0 Å². The molecule has 0 aromatic heterocycles. The third-order valence-electron chi connectivity index (χ3n) is 3.83. The summed E-state index contributed by atoms with van der Waals surface area (Å²) in [7, 11) is 0. The third-order valence-corrected chi connectivity index (χ3v) is 3.83. The van der Waals surface area contributed by atoms with Crippen LogP contribution in [0.25, 0.3) is 0 Å². The summed E-state index contributed by atoms with van der Waals surface area (Å²) in [6.07, 6.45) is 3.33. The Balaban J connectivity index is 1.62. The Labute approximate surface area is 112 Å². The lowest BCUT2D eigenvalue weighted by atomic mass is 10.2. The molecule has 0 bridgehead atoms. The maximum atomic E-state index is 12.9. The SMILES string of the molecule is O=C1C=C(N2CCN(c3ccc(F)cc3)CC2)CC1. The molecule has 0 saturated carbocycles. The Hall–Kier alpha value is -1.84. The van der Waals surface area contributed by atoms with Crippen molar-refractivity contribution >= 4 is 11.5 Å². The Kier molecular flexibility index (Phi) is 3.23. The Morgan fingerprint density at radius 2 is 1.53 bits per heavy atom. The van der Waals surface area contributed by atoms with E-state index in [0.717, 1.165) is 38.3 Å². The molecular weight excluding hydrogens is 243 g/mol. The van der Waals surface area contributed by atoms with E-state index in [9.17, 15) is 9.18 Å². The van der Waals surface area contributed by atoms with Crippen LogP contribution in [0.2, 0.25) is 0 Å². The molecule has 0 N–H and O–H groups in total. The van der Waals surface area contributed by atoms with E-state index in [1.807, 2.05) is 12.1 Å². The third kappa shape index (κ3) is 2.62. The lowest BCUT2D eigenvalue weighted by Crippen LogP contribution is -2.45. The van der Waals surface area contributed by atoms with Crippen molar-refractivity contribution in [1.82, 2.24) is 4.90 Å². The first-order valence-electron chi connectivity index (χ1n) is 6.71. The van der Waals surface area contributed by atoms with Gasteiger partial charge in [-0.15, -0.1) is 0 Å². The van der Waals surface area contributed by atoms with Crippen LogP contribution in [0.1, 0.15) is 12.8 Å². The number of hydrogen-bond donors (Lipinski definition) is 0. The topological polar surface area (TPSA) is 23.6 Å². The van der Waals surface area contributed by atoms with Crippen LogP contribution in [0.3, 0.4) is 0 Å². The fourth-order valence-corrected chi connectivity index (χ4v) is 2.73. The number of carbonyl (C=O) groups excluding carboxylic acids is 1. The molecule has 1 aliphatic carbocycles. The number of ketones is 1. The second-order valence-corrected chi connectivity index (χ2v) is 5.05. The summed E-state index contributed by atoms with van der Waals surface area (Å²) in [6.45, 7) is 3.68. The molecule has 1 saturated heterocycles. The number of rotatable bonds is 2. The smallest absolute Gasteiger partial charge is 0.157 e. The predicted octanol–water partition coefficient (Wildman–Crippen LogP) is 2.19. The van der Waals surface area contributed by atoms with E-state index in [2.05, 4.69) is 9.80 Å². The fraction of sp³-hybridized carbons (Fsp3) is 0.400. The summed E-state index contributed by atoms with van der Waals surface area (Å²) >= 11 is 0. The molecule has 1 aliphatic heterocycles. The van der Waals surface area contributed by atoms with Gasteiger partial charge in [0.2, 0.25) is 0 Å². The van der Waals surface area contributed by atoms with Crippen LogP contribution in [0, 0.1) is 5.82 Å². The summed E-state index contributed by atoms with van der Waals surface area (Å²) < 4.78 is 12.9. The number of piperazine rings is 1. The Morgan fingerprint density at radius 1 is 0.895 bits per heavy atom. The summed E-state index contributed by atoms with van der Waals surface area (Å²) in [4.78, 5) is 15.8. The lowest BCUT2D eigenvalue weighted by molar-refractivity contribution is -0.114. The maximum absolute atomic E-state index is 12.9. The van der Waals surface area contributed by atoms with Gasteiger partial charge in [0.25, 0.3) is 0 Å². The van der Waals surface area contributed by atoms with Crippen LogP contribution in [0.4, 0.5) is 10.1 Å². The van der Waals surface area contributed by atoms with Crippen molar-refractivity contribution in [2.45, 2.75) is 12.8 Å². The second kappa shape index (κ2) is 5.03. The van der Waals surface area contributed by atoms with E-state index in [1.54, 1.807) is 6.08 Å². The minimum absolute atomic E-state index is 0.197. The first-order chi connectivity index (χ1) is 9.22. The molecular formula is C15H17FN2O. The molecule has 0 radical (unpaired) electrons. The van der Waals surface area contributed by atoms with Gasteiger partial charge >= 0.3 is 0 Å². The number of nitrogens with zero attached hydrogens (tertiary/aromatic N) is 2. The molecule has 3 nitrogen and oxygen atoms in total. The number of halogens is 1. The van der Waals surface area contributed by atoms with Crippen LogP contribution in [-0.2, 0) is 4.79 Å². The Morgan fingerprint density at radius 3 is 2.11 bits per heavy atom. The zero-order chi connectivity index (χ0) is 13.2. The minimum Gasteiger partial charge on any atom is -0.371 e. The highest BCUT2D eigenvalue weighted by atomic mass is 19.1. The number of allylic oxidation sites excluding steroid dienone is 2. The summed E-state index contributed by atoms with van der Waals surface area (Å²) in [6, 6.07) is 6.65. The van der Waals surface area contributed by atoms with Crippen molar-refractivity contribution in [3.05, 3.63) is 41.9 Å². The quantitative estimate of drug-likeness (QED) is 0.814. The number of hydrogen-bond acceptors (Lipinski definition) is 3. The van der Waals surface area contributed by atoms with Crippen LogP contribution >= 0.6 is 0 Å². The zero-order valence-electron chi connectivity index (χ0n) is 10.8. The van der Waals surface area contributed by atoms with Crippen molar-refractivity contribution in [2.24, 2.45) is 0 Å². The molecule has 1 aromatic rings. The molecule has 19 heavy (non-hydrogen) atoms. The molecule has 100 valence electrons. The largest absolute Gasteiger partial charge is 0.371 e. The number of carbonyl (C=O) groups is 1. The maximum Gasteiger partial charge on any atom is 0.157 e. The van der Waals surface area contributed by atoms with Crippen molar-refractivity contribution < 1.29 is 9.18 Å². The van der Waals surface area contributed by atoms with Gasteiger partial charge in [0.1, 0.15) is 5.82 Å². The molecule has 1 fully saturated rings. The molecule has 2 aliphatic rings. The fourth-order valence-electron chi connectivity index (χ4n) is 2.73. The average molecular weight is 260 g/mol. The summed E-state index contributed by atoms with van der Waals surface area (Å²) in [5, 5.41) is 0. The highest BCUT2D eigenvalue weighted by molar-refractivity contribution is 5.92. The minimum atomic E-state index is -0.197. The van der Waals surface area contributed by atoms with Gasteiger partial charge in [-0.1, -0.05) is 0 Å². The van der Waals surface area contributed by atoms with E-state index in [1.165, 1.54) is 17.8 Å². The number of benzene rings is 1. The average Bonchev–Trinajstić information content (AvgIpc) is 2.87. The lowest BCUT2D eigenvalue weighted by Gasteiger charge is -2.37. The Bertz CT molecular complexity index is 501. The number of anilines is 1. The standard InChI is InChI=1S/C15H17FN2O/c16-12-1-3-13(4-2-12)17-7-9-18(10-8-17)14-5-6-15(19)11-14/h1-4,11H,5-10H2. The molecule has 0 spiro atoms. The van der Waals surface area contributed by atoms with Gasteiger partial charge in [0, 0.05) is 50.1 Å². The van der Waals surface area contributed by atoms with Gasteiger partial charge in [-0.05, 0) is 30.7 Å². The van der Waals surface area contributed by atoms with Crippen LogP contribution < -0.4 is 4.90 Å². The van der Waals surface area contributed by atoms with Gasteiger partial charge in [-0.25, -0.2) is 4.39 Å². The monoisotopic (exact) mass is 260 g/mol. The van der Waals surface area contributed by atoms with Crippen molar-refractivity contribution in [2.75, 3.05) is 31.1 Å². The molecule has 3 rings (SSSR count). The molecule has 1 aromatic carbocycles. The molecule has 4 heteroatoms.